The van der Waals surface area contributed by atoms with Gasteiger partial charge in [0, 0.05) is 5.57 Å². The summed E-state index contributed by atoms with van der Waals surface area (Å²) >= 11 is 0. The van der Waals surface area contributed by atoms with E-state index in [0.717, 1.165) is 16.3 Å². The van der Waals surface area contributed by atoms with Gasteiger partial charge in [-0.15, -0.1) is 0 Å². The number of nitrogens with one attached hydrogen (secondary N) is 1. The summed E-state index contributed by atoms with van der Waals surface area (Å²) in [6.45, 7) is 1.70. The Morgan fingerprint density at radius 2 is 1.60 bits per heavy atom. The molecule has 25 heavy (non-hydrogen) atoms. The molecule has 0 saturated heterocycles. The molecule has 0 spiro atoms. The number of para-hydroxylation sites is 1. The molecule has 0 aromatic heterocycles. The summed E-state index contributed by atoms with van der Waals surface area (Å²) in [5.74, 6) is -1.41. The zero-order chi connectivity index (χ0) is 17.8. The zero-order valence-corrected chi connectivity index (χ0v) is 13.7. The molecular formula is C21H17NO3. The molecule has 0 aliphatic carbocycles. The third-order valence-electron chi connectivity index (χ3n) is 3.92. The fourth-order valence-corrected chi connectivity index (χ4v) is 2.61. The lowest BCUT2D eigenvalue weighted by molar-refractivity contribution is -0.112. The highest BCUT2D eigenvalue weighted by atomic mass is 16.4. The Morgan fingerprint density at radius 3 is 2.36 bits per heavy atom. The minimum atomic E-state index is -1.08. The van der Waals surface area contributed by atoms with Gasteiger partial charge in [0.05, 0.1) is 11.3 Å². The SMILES string of the molecule is CC(=Cc1ccc2ccccc2c1)C(=O)Nc1ccccc1C(=O)O. The Labute approximate surface area is 145 Å². The predicted molar refractivity (Wildman–Crippen MR) is 99.6 cm³/mol. The number of carbonyl (C=O) groups is 2. The summed E-state index contributed by atoms with van der Waals surface area (Å²) < 4.78 is 0. The van der Waals surface area contributed by atoms with Gasteiger partial charge in [-0.25, -0.2) is 4.79 Å². The van der Waals surface area contributed by atoms with Crippen LogP contribution in [0, 0.1) is 0 Å². The quantitative estimate of drug-likeness (QED) is 0.688. The van der Waals surface area contributed by atoms with Crippen LogP contribution in [0.4, 0.5) is 5.69 Å². The molecule has 0 heterocycles. The number of aromatic carboxylic acids is 1. The van der Waals surface area contributed by atoms with Gasteiger partial charge in [-0.2, -0.15) is 0 Å². The molecule has 0 aliphatic heterocycles. The smallest absolute Gasteiger partial charge is 0.337 e. The van der Waals surface area contributed by atoms with Crippen LogP contribution in [0.5, 0.6) is 0 Å². The van der Waals surface area contributed by atoms with E-state index in [4.69, 9.17) is 0 Å². The van der Waals surface area contributed by atoms with Crippen molar-refractivity contribution in [2.24, 2.45) is 0 Å². The van der Waals surface area contributed by atoms with E-state index >= 15 is 0 Å². The number of carboxylic acids is 1. The van der Waals surface area contributed by atoms with Crippen molar-refractivity contribution in [1.82, 2.24) is 0 Å². The third-order valence-corrected chi connectivity index (χ3v) is 3.92. The maximum absolute atomic E-state index is 12.4. The largest absolute Gasteiger partial charge is 0.478 e. The summed E-state index contributed by atoms with van der Waals surface area (Å²) in [6.07, 6.45) is 1.78. The van der Waals surface area contributed by atoms with Crippen molar-refractivity contribution in [3.63, 3.8) is 0 Å². The standard InChI is InChI=1S/C21H17NO3/c1-14(12-15-10-11-16-6-2-3-7-17(16)13-15)20(23)22-19-9-5-4-8-18(19)21(24)25/h2-13H,1H3,(H,22,23)(H,24,25). The number of anilines is 1. The van der Waals surface area contributed by atoms with Gasteiger partial charge in [0.25, 0.3) is 5.91 Å². The average Bonchev–Trinajstić information content (AvgIpc) is 2.61. The fourth-order valence-electron chi connectivity index (χ4n) is 2.61. The molecule has 3 rings (SSSR count). The van der Waals surface area contributed by atoms with Crippen LogP contribution in [0.25, 0.3) is 16.8 Å². The van der Waals surface area contributed by atoms with Gasteiger partial charge in [-0.1, -0.05) is 48.5 Å². The Hall–Kier alpha value is -3.40. The van der Waals surface area contributed by atoms with Crippen LogP contribution in [-0.4, -0.2) is 17.0 Å². The van der Waals surface area contributed by atoms with Crippen LogP contribution >= 0.6 is 0 Å². The van der Waals surface area contributed by atoms with Gasteiger partial charge in [0.2, 0.25) is 0 Å². The second-order valence-corrected chi connectivity index (χ2v) is 5.74. The second-order valence-electron chi connectivity index (χ2n) is 5.74. The summed E-state index contributed by atoms with van der Waals surface area (Å²) in [5, 5.41) is 14.1. The Morgan fingerprint density at radius 1 is 0.920 bits per heavy atom. The van der Waals surface area contributed by atoms with Crippen molar-refractivity contribution < 1.29 is 14.7 Å². The van der Waals surface area contributed by atoms with Crippen LogP contribution in [0.2, 0.25) is 0 Å². The molecule has 4 heteroatoms. The van der Waals surface area contributed by atoms with Gasteiger partial charge < -0.3 is 10.4 Å². The lowest BCUT2D eigenvalue weighted by Gasteiger charge is -2.08. The van der Waals surface area contributed by atoms with E-state index in [1.807, 2.05) is 42.5 Å². The second kappa shape index (κ2) is 7.01. The highest BCUT2D eigenvalue weighted by Crippen LogP contribution is 2.19. The van der Waals surface area contributed by atoms with Gasteiger partial charge in [0.15, 0.2) is 0 Å². The van der Waals surface area contributed by atoms with Crippen LogP contribution in [0.3, 0.4) is 0 Å². The number of hydrogen-bond acceptors (Lipinski definition) is 2. The minimum Gasteiger partial charge on any atom is -0.478 e. The molecule has 0 saturated carbocycles. The first-order valence-corrected chi connectivity index (χ1v) is 7.85. The fraction of sp³-hybridized carbons (Fsp3) is 0.0476. The molecule has 1 amide bonds. The maximum Gasteiger partial charge on any atom is 0.337 e. The molecule has 0 radical (unpaired) electrons. The molecule has 0 unspecified atom stereocenters. The zero-order valence-electron chi connectivity index (χ0n) is 13.7. The molecule has 0 aliphatic rings. The topological polar surface area (TPSA) is 66.4 Å². The summed E-state index contributed by atoms with van der Waals surface area (Å²) in [4.78, 5) is 23.6. The van der Waals surface area contributed by atoms with Crippen molar-refractivity contribution in [3.05, 3.63) is 83.4 Å². The van der Waals surface area contributed by atoms with Gasteiger partial charge >= 0.3 is 5.97 Å². The van der Waals surface area contributed by atoms with E-state index in [-0.39, 0.29) is 17.2 Å². The van der Waals surface area contributed by atoms with Gasteiger partial charge in [-0.05, 0) is 47.5 Å². The molecular weight excluding hydrogens is 314 g/mol. The van der Waals surface area contributed by atoms with Crippen molar-refractivity contribution in [2.75, 3.05) is 5.32 Å². The molecule has 3 aromatic carbocycles. The first-order chi connectivity index (χ1) is 12.0. The van der Waals surface area contributed by atoms with Gasteiger partial charge in [-0.3, -0.25) is 4.79 Å². The molecule has 0 bridgehead atoms. The van der Waals surface area contributed by atoms with Crippen molar-refractivity contribution in [3.8, 4) is 0 Å². The number of benzene rings is 3. The average molecular weight is 331 g/mol. The summed E-state index contributed by atoms with van der Waals surface area (Å²) in [5.41, 5.74) is 1.76. The number of hydrogen-bond donors (Lipinski definition) is 2. The van der Waals surface area contributed by atoms with Crippen molar-refractivity contribution in [2.45, 2.75) is 6.92 Å². The van der Waals surface area contributed by atoms with Crippen LogP contribution < -0.4 is 5.32 Å². The first kappa shape index (κ1) is 16.5. The molecule has 124 valence electrons. The van der Waals surface area contributed by atoms with Crippen molar-refractivity contribution in [1.29, 1.82) is 0 Å². The monoisotopic (exact) mass is 331 g/mol. The van der Waals surface area contributed by atoms with E-state index in [1.165, 1.54) is 6.07 Å². The van der Waals surface area contributed by atoms with E-state index < -0.39 is 5.97 Å². The van der Waals surface area contributed by atoms with Gasteiger partial charge in [0.1, 0.15) is 0 Å². The highest BCUT2D eigenvalue weighted by molar-refractivity contribution is 6.09. The number of carboxylic acid groups (broad SMARTS) is 1. The number of rotatable bonds is 4. The lowest BCUT2D eigenvalue weighted by Crippen LogP contribution is -2.15. The van der Waals surface area contributed by atoms with Crippen LogP contribution in [0.1, 0.15) is 22.8 Å². The minimum absolute atomic E-state index is 0.0642. The van der Waals surface area contributed by atoms with Crippen LogP contribution in [0.15, 0.2) is 72.3 Å². The molecule has 2 N–H and O–H groups in total. The lowest BCUT2D eigenvalue weighted by atomic mass is 10.1. The van der Waals surface area contributed by atoms with Crippen molar-refractivity contribution >= 4 is 34.4 Å². The number of carbonyl (C=O) groups excluding carboxylic acids is 1. The van der Waals surface area contributed by atoms with Crippen LogP contribution in [-0.2, 0) is 4.79 Å². The normalized spacial score (nSPS) is 11.3. The number of amides is 1. The number of fused-ring (bicyclic) bond motifs is 1. The maximum atomic E-state index is 12.4. The molecule has 0 fully saturated rings. The van der Waals surface area contributed by atoms with E-state index in [9.17, 15) is 14.7 Å². The predicted octanol–water partition coefficient (Wildman–Crippen LogP) is 4.58. The highest BCUT2D eigenvalue weighted by Gasteiger charge is 2.12. The Bertz CT molecular complexity index is 989. The summed E-state index contributed by atoms with van der Waals surface area (Å²) in [7, 11) is 0. The van der Waals surface area contributed by atoms with E-state index in [0.29, 0.717) is 5.57 Å². The Kier molecular flexibility index (Phi) is 4.61. The summed E-state index contributed by atoms with van der Waals surface area (Å²) in [6, 6.07) is 20.3. The molecule has 4 nitrogen and oxygen atoms in total. The Balaban J connectivity index is 1.84. The molecule has 3 aromatic rings. The van der Waals surface area contributed by atoms with E-state index in [2.05, 4.69) is 5.32 Å². The third kappa shape index (κ3) is 3.75. The first-order valence-electron chi connectivity index (χ1n) is 7.85. The molecule has 0 atom stereocenters. The van der Waals surface area contributed by atoms with E-state index in [1.54, 1.807) is 31.2 Å².